The van der Waals surface area contributed by atoms with Crippen molar-refractivity contribution >= 4 is 5.78 Å². The number of benzene rings is 1. The average Bonchev–Trinajstić information content (AvgIpc) is 2.98. The van der Waals surface area contributed by atoms with Gasteiger partial charge in [0, 0.05) is 17.5 Å². The summed E-state index contributed by atoms with van der Waals surface area (Å²) in [6, 6.07) is 10.8. The lowest BCUT2D eigenvalue weighted by Crippen LogP contribution is -2.16. The van der Waals surface area contributed by atoms with Gasteiger partial charge in [-0.05, 0) is 25.7 Å². The smallest absolute Gasteiger partial charge is 0.214 e. The molecular formula is C16H17NO3. The lowest BCUT2D eigenvalue weighted by atomic mass is 9.86. The van der Waals surface area contributed by atoms with Crippen molar-refractivity contribution in [2.45, 2.75) is 37.7 Å². The summed E-state index contributed by atoms with van der Waals surface area (Å²) >= 11 is 0. The molecule has 20 heavy (non-hydrogen) atoms. The quantitative estimate of drug-likeness (QED) is 0.872. The first-order chi connectivity index (χ1) is 9.74. The molecule has 1 heterocycles. The number of aromatic nitrogens is 1. The zero-order chi connectivity index (χ0) is 13.9. The molecule has 104 valence electrons. The summed E-state index contributed by atoms with van der Waals surface area (Å²) in [6.45, 7) is 0. The summed E-state index contributed by atoms with van der Waals surface area (Å²) < 4.78 is 5.33. The first kappa shape index (κ1) is 13.1. The molecule has 1 aromatic heterocycles. The van der Waals surface area contributed by atoms with Gasteiger partial charge in [-0.25, -0.2) is 0 Å². The van der Waals surface area contributed by atoms with Crippen molar-refractivity contribution in [3.8, 4) is 0 Å². The van der Waals surface area contributed by atoms with Gasteiger partial charge in [0.1, 0.15) is 5.76 Å². The van der Waals surface area contributed by atoms with Crippen LogP contribution in [0.15, 0.2) is 40.9 Å². The maximum absolute atomic E-state index is 12.2. The van der Waals surface area contributed by atoms with Gasteiger partial charge in [0.25, 0.3) is 0 Å². The van der Waals surface area contributed by atoms with Gasteiger partial charge in [-0.15, -0.1) is 0 Å². The number of ketones is 1. The Kier molecular flexibility index (Phi) is 3.65. The molecule has 0 radical (unpaired) electrons. The second-order valence-corrected chi connectivity index (χ2v) is 5.32. The monoisotopic (exact) mass is 271 g/mol. The van der Waals surface area contributed by atoms with E-state index < -0.39 is 0 Å². The lowest BCUT2D eigenvalue weighted by Gasteiger charge is -2.22. The van der Waals surface area contributed by atoms with Gasteiger partial charge < -0.3 is 9.63 Å². The number of aliphatic hydroxyl groups excluding tert-OH is 1. The van der Waals surface area contributed by atoms with Gasteiger partial charge in [0.2, 0.25) is 5.78 Å². The van der Waals surface area contributed by atoms with E-state index in [2.05, 4.69) is 5.16 Å². The number of carbonyl (C=O) groups excluding carboxylic acids is 1. The van der Waals surface area contributed by atoms with Crippen LogP contribution in [-0.4, -0.2) is 22.2 Å². The molecule has 0 spiro atoms. The molecule has 0 bridgehead atoms. The zero-order valence-electron chi connectivity index (χ0n) is 11.2. The van der Waals surface area contributed by atoms with Crippen LogP contribution < -0.4 is 0 Å². The zero-order valence-corrected chi connectivity index (χ0v) is 11.2. The van der Waals surface area contributed by atoms with Gasteiger partial charge in [0.15, 0.2) is 5.69 Å². The van der Waals surface area contributed by atoms with Crippen LogP contribution in [0.2, 0.25) is 0 Å². The lowest BCUT2D eigenvalue weighted by molar-refractivity contribution is 0.103. The number of hydrogen-bond donors (Lipinski definition) is 1. The molecule has 2 aromatic rings. The van der Waals surface area contributed by atoms with Crippen LogP contribution in [0.5, 0.6) is 0 Å². The highest BCUT2D eigenvalue weighted by Crippen LogP contribution is 2.33. The van der Waals surface area contributed by atoms with Crippen molar-refractivity contribution in [3.63, 3.8) is 0 Å². The third-order valence-electron chi connectivity index (χ3n) is 3.90. The molecule has 0 unspecified atom stereocenters. The highest BCUT2D eigenvalue weighted by atomic mass is 16.5. The molecule has 1 aromatic carbocycles. The van der Waals surface area contributed by atoms with E-state index in [9.17, 15) is 9.90 Å². The first-order valence-electron chi connectivity index (χ1n) is 6.98. The van der Waals surface area contributed by atoms with Gasteiger partial charge in [-0.3, -0.25) is 4.79 Å². The van der Waals surface area contributed by atoms with Gasteiger partial charge in [0.05, 0.1) is 6.10 Å². The second kappa shape index (κ2) is 5.59. The molecule has 4 heteroatoms. The minimum atomic E-state index is -0.195. The van der Waals surface area contributed by atoms with E-state index >= 15 is 0 Å². The molecule has 1 aliphatic carbocycles. The summed E-state index contributed by atoms with van der Waals surface area (Å²) in [5.41, 5.74) is 0.976. The minimum Gasteiger partial charge on any atom is -0.393 e. The van der Waals surface area contributed by atoms with Crippen molar-refractivity contribution in [1.82, 2.24) is 5.16 Å². The normalized spacial score (nSPS) is 22.6. The maximum atomic E-state index is 12.2. The van der Waals surface area contributed by atoms with E-state index in [1.165, 1.54) is 0 Å². The molecule has 1 N–H and O–H groups in total. The van der Waals surface area contributed by atoms with E-state index in [1.54, 1.807) is 18.2 Å². The van der Waals surface area contributed by atoms with E-state index in [0.29, 0.717) is 11.3 Å². The largest absolute Gasteiger partial charge is 0.393 e. The molecule has 1 fully saturated rings. The molecular weight excluding hydrogens is 254 g/mol. The second-order valence-electron chi connectivity index (χ2n) is 5.32. The minimum absolute atomic E-state index is 0.114. The Morgan fingerprint density at radius 3 is 2.55 bits per heavy atom. The van der Waals surface area contributed by atoms with E-state index in [0.717, 1.165) is 31.4 Å². The molecule has 0 atom stereocenters. The van der Waals surface area contributed by atoms with Crippen molar-refractivity contribution in [3.05, 3.63) is 53.4 Å². The number of carbonyl (C=O) groups is 1. The van der Waals surface area contributed by atoms with E-state index in [-0.39, 0.29) is 17.8 Å². The summed E-state index contributed by atoms with van der Waals surface area (Å²) in [7, 11) is 0. The Morgan fingerprint density at radius 2 is 1.85 bits per heavy atom. The number of rotatable bonds is 3. The van der Waals surface area contributed by atoms with Crippen LogP contribution in [0.4, 0.5) is 0 Å². The summed E-state index contributed by atoms with van der Waals surface area (Å²) in [5.74, 6) is 0.913. The summed E-state index contributed by atoms with van der Waals surface area (Å²) in [6.07, 6.45) is 3.14. The first-order valence-corrected chi connectivity index (χ1v) is 6.98. The number of hydrogen-bond acceptors (Lipinski definition) is 4. The van der Waals surface area contributed by atoms with Gasteiger partial charge >= 0.3 is 0 Å². The van der Waals surface area contributed by atoms with E-state index in [1.807, 2.05) is 18.2 Å². The summed E-state index contributed by atoms with van der Waals surface area (Å²) in [5, 5.41) is 13.4. The Bertz CT molecular complexity index is 583. The molecule has 1 aliphatic rings. The number of nitrogens with zero attached hydrogens (tertiary/aromatic N) is 1. The molecule has 0 saturated heterocycles. The topological polar surface area (TPSA) is 63.3 Å². The van der Waals surface area contributed by atoms with Crippen molar-refractivity contribution in [2.75, 3.05) is 0 Å². The standard InChI is InChI=1S/C16H17NO3/c18-13-8-6-11(7-9-13)15-10-14(17-20-15)16(19)12-4-2-1-3-5-12/h1-5,10-11,13,18H,6-9H2. The van der Waals surface area contributed by atoms with Gasteiger partial charge in [-0.2, -0.15) is 0 Å². The van der Waals surface area contributed by atoms with Crippen LogP contribution in [0.3, 0.4) is 0 Å². The Hall–Kier alpha value is -1.94. The van der Waals surface area contributed by atoms with Gasteiger partial charge in [-0.1, -0.05) is 35.5 Å². The van der Waals surface area contributed by atoms with Crippen molar-refractivity contribution in [2.24, 2.45) is 0 Å². The fourth-order valence-electron chi connectivity index (χ4n) is 2.69. The van der Waals surface area contributed by atoms with Crippen molar-refractivity contribution in [1.29, 1.82) is 0 Å². The van der Waals surface area contributed by atoms with Crippen LogP contribution in [0.25, 0.3) is 0 Å². The van der Waals surface area contributed by atoms with Crippen LogP contribution in [0.1, 0.15) is 53.4 Å². The highest BCUT2D eigenvalue weighted by molar-refractivity contribution is 6.07. The molecule has 4 nitrogen and oxygen atoms in total. The fraction of sp³-hybridized carbons (Fsp3) is 0.375. The van der Waals surface area contributed by atoms with Crippen LogP contribution in [-0.2, 0) is 0 Å². The van der Waals surface area contributed by atoms with Crippen LogP contribution >= 0.6 is 0 Å². The maximum Gasteiger partial charge on any atom is 0.214 e. The molecule has 0 aliphatic heterocycles. The predicted octanol–water partition coefficient (Wildman–Crippen LogP) is 2.92. The number of aliphatic hydroxyl groups is 1. The SMILES string of the molecule is O=C(c1ccccc1)c1cc(C2CCC(O)CC2)on1. The predicted molar refractivity (Wildman–Crippen MR) is 73.6 cm³/mol. The Labute approximate surface area is 117 Å². The summed E-state index contributed by atoms with van der Waals surface area (Å²) in [4.78, 5) is 12.2. The molecule has 1 saturated carbocycles. The van der Waals surface area contributed by atoms with E-state index in [4.69, 9.17) is 4.52 Å². The Morgan fingerprint density at radius 1 is 1.15 bits per heavy atom. The third kappa shape index (κ3) is 2.65. The van der Waals surface area contributed by atoms with Crippen molar-refractivity contribution < 1.29 is 14.4 Å². The fourth-order valence-corrected chi connectivity index (χ4v) is 2.69. The molecule has 0 amide bonds. The van der Waals surface area contributed by atoms with Crippen LogP contribution in [0, 0.1) is 0 Å². The average molecular weight is 271 g/mol. The molecule has 3 rings (SSSR count). The highest BCUT2D eigenvalue weighted by Gasteiger charge is 2.25. The third-order valence-corrected chi connectivity index (χ3v) is 3.90. The Balaban J connectivity index is 1.75.